The Morgan fingerprint density at radius 1 is 0.970 bits per heavy atom. The Kier molecular flexibility index (Phi) is 6.40. The molecule has 0 atom stereocenters. The average Bonchev–Trinajstić information content (AvgIpc) is 3.26. The number of fused-ring (bicyclic) bond motifs is 1. The number of hydrogen-bond donors (Lipinski definition) is 2. The number of Topliss-reactive ketones (excluding diaryl/α,β-unsaturated/α-hetero) is 1. The van der Waals surface area contributed by atoms with E-state index in [4.69, 9.17) is 4.74 Å². The van der Waals surface area contributed by atoms with Crippen LogP contribution in [0.4, 0.5) is 16.2 Å². The third kappa shape index (κ3) is 5.03. The van der Waals surface area contributed by atoms with Gasteiger partial charge in [0, 0.05) is 35.6 Å². The number of nitrogens with zero attached hydrogens (tertiary/aromatic N) is 1. The minimum Gasteiger partial charge on any atom is -0.497 e. The van der Waals surface area contributed by atoms with Gasteiger partial charge in [-0.05, 0) is 66.9 Å². The van der Waals surface area contributed by atoms with E-state index in [1.54, 1.807) is 60.5 Å². The van der Waals surface area contributed by atoms with E-state index in [0.29, 0.717) is 35.7 Å². The highest BCUT2D eigenvalue weighted by atomic mass is 16.5. The second-order valence-corrected chi connectivity index (χ2v) is 7.84. The molecular weight excluding hydrogens is 418 g/mol. The van der Waals surface area contributed by atoms with Crippen molar-refractivity contribution in [1.82, 2.24) is 5.32 Å². The summed E-state index contributed by atoms with van der Waals surface area (Å²) in [5.74, 6) is 0.573. The van der Waals surface area contributed by atoms with Gasteiger partial charge in [-0.1, -0.05) is 24.3 Å². The number of benzene rings is 3. The smallest absolute Gasteiger partial charge is 0.319 e. The Morgan fingerprint density at radius 3 is 2.48 bits per heavy atom. The maximum atomic E-state index is 13.0. The van der Waals surface area contributed by atoms with E-state index < -0.39 is 0 Å². The zero-order chi connectivity index (χ0) is 23.4. The summed E-state index contributed by atoms with van der Waals surface area (Å²) in [6.45, 7) is 2.40. The molecule has 0 unspecified atom stereocenters. The maximum absolute atomic E-state index is 13.0. The largest absolute Gasteiger partial charge is 0.497 e. The Labute approximate surface area is 192 Å². The van der Waals surface area contributed by atoms with Crippen molar-refractivity contribution in [2.75, 3.05) is 23.9 Å². The van der Waals surface area contributed by atoms with Gasteiger partial charge >= 0.3 is 6.03 Å². The predicted octanol–water partition coefficient (Wildman–Crippen LogP) is 4.42. The number of ether oxygens (including phenoxy) is 1. The summed E-state index contributed by atoms with van der Waals surface area (Å²) >= 11 is 0. The van der Waals surface area contributed by atoms with Gasteiger partial charge in [-0.15, -0.1) is 0 Å². The number of nitrogens with one attached hydrogen (secondary N) is 2. The number of rotatable bonds is 6. The van der Waals surface area contributed by atoms with Crippen LogP contribution < -0.4 is 20.3 Å². The highest BCUT2D eigenvalue weighted by Gasteiger charge is 2.26. The van der Waals surface area contributed by atoms with Crippen LogP contribution in [-0.4, -0.2) is 31.4 Å². The topological polar surface area (TPSA) is 87.7 Å². The van der Waals surface area contributed by atoms with E-state index in [-0.39, 0.29) is 17.7 Å². The van der Waals surface area contributed by atoms with Crippen molar-refractivity contribution in [1.29, 1.82) is 0 Å². The van der Waals surface area contributed by atoms with Crippen LogP contribution >= 0.6 is 0 Å². The third-order valence-electron chi connectivity index (χ3n) is 5.61. The summed E-state index contributed by atoms with van der Waals surface area (Å²) in [5.41, 5.74) is 4.53. The number of urea groups is 1. The number of hydrogen-bond acceptors (Lipinski definition) is 4. The Balaban J connectivity index is 1.41. The van der Waals surface area contributed by atoms with E-state index >= 15 is 0 Å². The first-order valence-electron chi connectivity index (χ1n) is 10.7. The molecule has 0 spiro atoms. The summed E-state index contributed by atoms with van der Waals surface area (Å²) in [5, 5.41) is 5.56. The molecule has 1 heterocycles. The lowest BCUT2D eigenvalue weighted by atomic mass is 10.1. The summed E-state index contributed by atoms with van der Waals surface area (Å²) in [6, 6.07) is 19.4. The molecule has 3 amide bonds. The molecule has 4 rings (SSSR count). The zero-order valence-corrected chi connectivity index (χ0v) is 18.6. The SMILES string of the molecule is COc1ccc(C(=O)N2CCc3ccc(CNC(=O)Nc4cccc(C(C)=O)c4)cc32)cc1. The van der Waals surface area contributed by atoms with Crippen molar-refractivity contribution in [3.63, 3.8) is 0 Å². The van der Waals surface area contributed by atoms with Crippen LogP contribution in [0.1, 0.15) is 38.8 Å². The number of amides is 3. The van der Waals surface area contributed by atoms with Crippen LogP contribution in [0, 0.1) is 0 Å². The molecule has 7 nitrogen and oxygen atoms in total. The first kappa shape index (κ1) is 22.1. The van der Waals surface area contributed by atoms with Crippen molar-refractivity contribution >= 4 is 29.1 Å². The number of carbonyl (C=O) groups excluding carboxylic acids is 3. The van der Waals surface area contributed by atoms with Gasteiger partial charge in [0.25, 0.3) is 5.91 Å². The third-order valence-corrected chi connectivity index (χ3v) is 5.61. The first-order valence-corrected chi connectivity index (χ1v) is 10.7. The number of carbonyl (C=O) groups is 3. The summed E-state index contributed by atoms with van der Waals surface area (Å²) in [4.78, 5) is 38.7. The lowest BCUT2D eigenvalue weighted by Gasteiger charge is -2.18. The van der Waals surface area contributed by atoms with E-state index in [2.05, 4.69) is 10.6 Å². The van der Waals surface area contributed by atoms with E-state index in [1.807, 2.05) is 18.2 Å². The number of anilines is 2. The summed E-state index contributed by atoms with van der Waals surface area (Å²) in [7, 11) is 1.59. The molecule has 33 heavy (non-hydrogen) atoms. The van der Waals surface area contributed by atoms with Crippen LogP contribution in [0.3, 0.4) is 0 Å². The Bertz CT molecular complexity index is 1200. The normalized spacial score (nSPS) is 12.1. The monoisotopic (exact) mass is 443 g/mol. The first-order chi connectivity index (χ1) is 15.9. The average molecular weight is 444 g/mol. The molecule has 3 aromatic rings. The lowest BCUT2D eigenvalue weighted by molar-refractivity contribution is 0.0987. The minimum absolute atomic E-state index is 0.0639. The van der Waals surface area contributed by atoms with Gasteiger partial charge < -0.3 is 20.3 Å². The van der Waals surface area contributed by atoms with E-state index in [9.17, 15) is 14.4 Å². The van der Waals surface area contributed by atoms with Crippen molar-refractivity contribution in [3.05, 3.63) is 89.0 Å². The highest BCUT2D eigenvalue weighted by Crippen LogP contribution is 2.30. The van der Waals surface area contributed by atoms with Crippen LogP contribution in [0.2, 0.25) is 0 Å². The van der Waals surface area contributed by atoms with Crippen molar-refractivity contribution in [2.24, 2.45) is 0 Å². The summed E-state index contributed by atoms with van der Waals surface area (Å²) < 4.78 is 5.17. The van der Waals surface area contributed by atoms with Gasteiger partial charge in [-0.2, -0.15) is 0 Å². The van der Waals surface area contributed by atoms with Crippen LogP contribution in [0.25, 0.3) is 0 Å². The van der Waals surface area contributed by atoms with Crippen LogP contribution in [-0.2, 0) is 13.0 Å². The zero-order valence-electron chi connectivity index (χ0n) is 18.6. The molecule has 0 aromatic heterocycles. The fraction of sp³-hybridized carbons (Fsp3) is 0.192. The number of ketones is 1. The van der Waals surface area contributed by atoms with E-state index in [0.717, 1.165) is 23.2 Å². The highest BCUT2D eigenvalue weighted by molar-refractivity contribution is 6.07. The Morgan fingerprint density at radius 2 is 1.76 bits per heavy atom. The maximum Gasteiger partial charge on any atom is 0.319 e. The van der Waals surface area contributed by atoms with Crippen LogP contribution in [0.5, 0.6) is 5.75 Å². The van der Waals surface area contributed by atoms with Gasteiger partial charge in [0.1, 0.15) is 5.75 Å². The molecule has 0 radical (unpaired) electrons. The molecular formula is C26H25N3O4. The van der Waals surface area contributed by atoms with Crippen molar-refractivity contribution in [3.8, 4) is 5.75 Å². The standard InChI is InChI=1S/C26H25N3O4/c1-17(30)21-4-3-5-22(15-21)28-26(32)27-16-18-6-7-19-12-13-29(24(19)14-18)25(31)20-8-10-23(33-2)11-9-20/h3-11,14-15H,12-13,16H2,1-2H3,(H2,27,28,32). The second-order valence-electron chi connectivity index (χ2n) is 7.84. The molecule has 0 fully saturated rings. The molecule has 168 valence electrons. The molecule has 1 aliphatic heterocycles. The van der Waals surface area contributed by atoms with Gasteiger partial charge in [0.15, 0.2) is 5.78 Å². The van der Waals surface area contributed by atoms with Crippen LogP contribution in [0.15, 0.2) is 66.7 Å². The molecule has 0 bridgehead atoms. The van der Waals surface area contributed by atoms with E-state index in [1.165, 1.54) is 6.92 Å². The molecule has 0 saturated carbocycles. The van der Waals surface area contributed by atoms with Crippen molar-refractivity contribution < 1.29 is 19.1 Å². The lowest BCUT2D eigenvalue weighted by Crippen LogP contribution is -2.29. The van der Waals surface area contributed by atoms with Gasteiger partial charge in [-0.25, -0.2) is 4.79 Å². The van der Waals surface area contributed by atoms with Gasteiger partial charge in [0.05, 0.1) is 7.11 Å². The summed E-state index contributed by atoms with van der Waals surface area (Å²) in [6.07, 6.45) is 0.790. The predicted molar refractivity (Wildman–Crippen MR) is 127 cm³/mol. The van der Waals surface area contributed by atoms with Gasteiger partial charge in [0.2, 0.25) is 0 Å². The molecule has 0 saturated heterocycles. The quantitative estimate of drug-likeness (QED) is 0.552. The minimum atomic E-state index is -0.373. The Hall–Kier alpha value is -4.13. The fourth-order valence-corrected chi connectivity index (χ4v) is 3.81. The fourth-order valence-electron chi connectivity index (χ4n) is 3.81. The molecule has 0 aliphatic carbocycles. The van der Waals surface area contributed by atoms with Gasteiger partial charge in [-0.3, -0.25) is 9.59 Å². The molecule has 1 aliphatic rings. The van der Waals surface area contributed by atoms with Crippen molar-refractivity contribution in [2.45, 2.75) is 19.9 Å². The number of methoxy groups -OCH3 is 1. The molecule has 3 aromatic carbocycles. The second kappa shape index (κ2) is 9.56. The molecule has 2 N–H and O–H groups in total. The molecule has 7 heteroatoms.